The SMILES string of the molecule is Clc1ccc(C2(Cn3cncn3)SCCS2)c(Cl)c1.O=[N+]([O-])O. The molecule has 0 saturated carbocycles. The van der Waals surface area contributed by atoms with Gasteiger partial charge in [-0.15, -0.1) is 33.6 Å². The fourth-order valence-corrected chi connectivity index (χ4v) is 6.07. The first-order valence-corrected chi connectivity index (χ1v) is 9.05. The van der Waals surface area contributed by atoms with E-state index in [9.17, 15) is 0 Å². The van der Waals surface area contributed by atoms with E-state index in [0.29, 0.717) is 5.02 Å². The first-order valence-electron chi connectivity index (χ1n) is 6.32. The van der Waals surface area contributed by atoms with Crippen molar-refractivity contribution in [2.45, 2.75) is 10.6 Å². The summed E-state index contributed by atoms with van der Waals surface area (Å²) in [5, 5.41) is 19.2. The van der Waals surface area contributed by atoms with Crippen LogP contribution in [0.5, 0.6) is 0 Å². The van der Waals surface area contributed by atoms with Crippen LogP contribution >= 0.6 is 46.7 Å². The highest BCUT2D eigenvalue weighted by molar-refractivity contribution is 8.20. The van der Waals surface area contributed by atoms with Crippen LogP contribution in [0.4, 0.5) is 0 Å². The van der Waals surface area contributed by atoms with Gasteiger partial charge in [-0.25, -0.2) is 4.98 Å². The zero-order chi connectivity index (χ0) is 16.9. The molecule has 0 bridgehead atoms. The molecule has 0 aliphatic carbocycles. The van der Waals surface area contributed by atoms with Crippen molar-refractivity contribution in [3.8, 4) is 0 Å². The molecule has 0 amide bonds. The summed E-state index contributed by atoms with van der Waals surface area (Å²) in [6.45, 7) is 0.754. The Labute approximate surface area is 150 Å². The van der Waals surface area contributed by atoms with Gasteiger partial charge in [-0.2, -0.15) is 5.10 Å². The van der Waals surface area contributed by atoms with E-state index < -0.39 is 5.09 Å². The molecule has 7 nitrogen and oxygen atoms in total. The summed E-state index contributed by atoms with van der Waals surface area (Å²) in [4.78, 5) is 12.4. The van der Waals surface area contributed by atoms with Gasteiger partial charge in [0.15, 0.2) is 0 Å². The Morgan fingerprint density at radius 1 is 1.39 bits per heavy atom. The number of hydrogen-bond donors (Lipinski definition) is 1. The second-order valence-electron chi connectivity index (χ2n) is 4.40. The molecule has 0 unspecified atom stereocenters. The lowest BCUT2D eigenvalue weighted by Gasteiger charge is -2.28. The van der Waals surface area contributed by atoms with Gasteiger partial charge < -0.3 is 5.21 Å². The van der Waals surface area contributed by atoms with E-state index in [1.807, 2.05) is 40.3 Å². The molecule has 1 aromatic carbocycles. The van der Waals surface area contributed by atoms with E-state index >= 15 is 0 Å². The average Bonchev–Trinajstić information content (AvgIpc) is 3.11. The highest BCUT2D eigenvalue weighted by Gasteiger charge is 2.39. The van der Waals surface area contributed by atoms with Gasteiger partial charge in [0.1, 0.15) is 16.7 Å². The lowest BCUT2D eigenvalue weighted by Crippen LogP contribution is -2.23. The van der Waals surface area contributed by atoms with Gasteiger partial charge in [0, 0.05) is 21.6 Å². The van der Waals surface area contributed by atoms with Crippen LogP contribution in [0.25, 0.3) is 0 Å². The summed E-state index contributed by atoms with van der Waals surface area (Å²) in [5.41, 5.74) is 1.11. The van der Waals surface area contributed by atoms with E-state index in [1.54, 1.807) is 18.7 Å². The smallest absolute Gasteiger partial charge is 0.291 e. The highest BCUT2D eigenvalue weighted by Crippen LogP contribution is 2.54. The van der Waals surface area contributed by atoms with Crippen molar-refractivity contribution in [2.75, 3.05) is 11.5 Å². The molecule has 2 aromatic rings. The van der Waals surface area contributed by atoms with E-state index in [2.05, 4.69) is 10.1 Å². The zero-order valence-corrected chi connectivity index (χ0v) is 14.8. The second kappa shape index (κ2) is 8.09. The molecule has 1 fully saturated rings. The van der Waals surface area contributed by atoms with E-state index in [-0.39, 0.29) is 4.08 Å². The quantitative estimate of drug-likeness (QED) is 0.627. The molecule has 3 rings (SSSR count). The molecule has 1 aliphatic rings. The van der Waals surface area contributed by atoms with Gasteiger partial charge in [-0.3, -0.25) is 4.68 Å². The molecule has 1 N–H and O–H groups in total. The third kappa shape index (κ3) is 4.90. The summed E-state index contributed by atoms with van der Waals surface area (Å²) >= 11 is 16.2. The molecular weight excluding hydrogens is 383 g/mol. The lowest BCUT2D eigenvalue weighted by molar-refractivity contribution is -0.742. The van der Waals surface area contributed by atoms with Crippen LogP contribution in [0.15, 0.2) is 30.9 Å². The van der Waals surface area contributed by atoms with Gasteiger partial charge in [-0.1, -0.05) is 29.3 Å². The minimum Gasteiger partial charge on any atom is -0.328 e. The Kier molecular flexibility index (Phi) is 6.40. The van der Waals surface area contributed by atoms with Crippen LogP contribution in [0.3, 0.4) is 0 Å². The predicted octanol–water partition coefficient (Wildman–Crippen LogP) is 3.57. The summed E-state index contributed by atoms with van der Waals surface area (Å²) in [7, 11) is 0. The van der Waals surface area contributed by atoms with E-state index in [0.717, 1.165) is 28.6 Å². The molecule has 0 spiro atoms. The Hall–Kier alpha value is -1.16. The number of hydrogen-bond acceptors (Lipinski definition) is 6. The van der Waals surface area contributed by atoms with Crippen molar-refractivity contribution < 1.29 is 10.3 Å². The first kappa shape index (κ1) is 18.2. The Balaban J connectivity index is 0.000000433. The molecule has 1 aromatic heterocycles. The monoisotopic (exact) mass is 394 g/mol. The summed E-state index contributed by atoms with van der Waals surface area (Å²) in [5.74, 6) is 2.22. The minimum atomic E-state index is -1.50. The minimum absolute atomic E-state index is 0.102. The number of aromatic nitrogens is 3. The molecule has 124 valence electrons. The normalized spacial score (nSPS) is 15.7. The van der Waals surface area contributed by atoms with Crippen LogP contribution in [0.2, 0.25) is 10.0 Å². The van der Waals surface area contributed by atoms with Crippen molar-refractivity contribution in [3.63, 3.8) is 0 Å². The number of thioether (sulfide) groups is 2. The maximum absolute atomic E-state index is 8.36. The lowest BCUT2D eigenvalue weighted by atomic mass is 10.1. The average molecular weight is 395 g/mol. The van der Waals surface area contributed by atoms with Crippen LogP contribution in [0.1, 0.15) is 5.56 Å². The van der Waals surface area contributed by atoms with Crippen molar-refractivity contribution in [3.05, 3.63) is 56.6 Å². The van der Waals surface area contributed by atoms with Crippen molar-refractivity contribution >= 4 is 46.7 Å². The van der Waals surface area contributed by atoms with Gasteiger partial charge in [0.25, 0.3) is 5.09 Å². The van der Waals surface area contributed by atoms with E-state index in [4.69, 9.17) is 38.5 Å². The molecular formula is C12H12Cl2N4O3S2. The number of benzene rings is 1. The van der Waals surface area contributed by atoms with E-state index in [1.165, 1.54) is 0 Å². The molecule has 1 saturated heterocycles. The van der Waals surface area contributed by atoms with Crippen molar-refractivity contribution in [2.24, 2.45) is 0 Å². The Morgan fingerprint density at radius 3 is 2.57 bits per heavy atom. The Morgan fingerprint density at radius 2 is 2.04 bits per heavy atom. The van der Waals surface area contributed by atoms with Crippen molar-refractivity contribution in [1.29, 1.82) is 0 Å². The molecule has 0 radical (unpaired) electrons. The number of nitrogens with zero attached hydrogens (tertiary/aromatic N) is 4. The highest BCUT2D eigenvalue weighted by atomic mass is 35.5. The van der Waals surface area contributed by atoms with Crippen LogP contribution < -0.4 is 0 Å². The van der Waals surface area contributed by atoms with Crippen LogP contribution in [0, 0.1) is 10.1 Å². The summed E-state index contributed by atoms with van der Waals surface area (Å²) in [6, 6.07) is 5.72. The van der Waals surface area contributed by atoms with Gasteiger partial charge in [0.05, 0.1) is 6.54 Å². The molecule has 0 atom stereocenters. The molecule has 11 heteroatoms. The second-order valence-corrected chi connectivity index (χ2v) is 8.29. The number of halogens is 2. The number of rotatable bonds is 3. The fourth-order valence-electron chi connectivity index (χ4n) is 2.11. The largest absolute Gasteiger partial charge is 0.328 e. The predicted molar refractivity (Wildman–Crippen MR) is 91.9 cm³/mol. The molecule has 1 aliphatic heterocycles. The fraction of sp³-hybridized carbons (Fsp3) is 0.333. The van der Waals surface area contributed by atoms with Crippen molar-refractivity contribution in [1.82, 2.24) is 14.8 Å². The Bertz CT molecular complexity index is 662. The maximum atomic E-state index is 8.36. The first-order chi connectivity index (χ1) is 10.9. The van der Waals surface area contributed by atoms with Gasteiger partial charge in [-0.05, 0) is 17.7 Å². The third-order valence-electron chi connectivity index (χ3n) is 2.93. The maximum Gasteiger partial charge on any atom is 0.291 e. The van der Waals surface area contributed by atoms with Crippen LogP contribution in [-0.2, 0) is 10.6 Å². The third-order valence-corrected chi connectivity index (χ3v) is 6.89. The zero-order valence-electron chi connectivity index (χ0n) is 11.6. The summed E-state index contributed by atoms with van der Waals surface area (Å²) in [6.07, 6.45) is 3.30. The molecule has 2 heterocycles. The summed E-state index contributed by atoms with van der Waals surface area (Å²) < 4.78 is 1.76. The van der Waals surface area contributed by atoms with Gasteiger partial charge in [0.2, 0.25) is 0 Å². The van der Waals surface area contributed by atoms with Gasteiger partial charge >= 0.3 is 0 Å². The topological polar surface area (TPSA) is 94.1 Å². The van der Waals surface area contributed by atoms with Crippen LogP contribution in [-0.4, -0.2) is 36.6 Å². The standard InChI is InChI=1S/C12H11Cl2N3S2.HNO3/c13-9-1-2-10(11(14)5-9)12(18-3-4-19-12)6-17-8-15-7-16-17;2-1(3)4/h1-2,5,7-8H,3-4,6H2;(H,2,3,4). The molecule has 23 heavy (non-hydrogen) atoms.